The van der Waals surface area contributed by atoms with Gasteiger partial charge in [0.2, 0.25) is 11.8 Å². The summed E-state index contributed by atoms with van der Waals surface area (Å²) in [6, 6.07) is 5.69. The maximum atomic E-state index is 12.1. The molecule has 2 rings (SSSR count). The van der Waals surface area contributed by atoms with Crippen molar-refractivity contribution < 1.29 is 19.2 Å². The molecule has 1 aromatic carbocycles. The smallest absolute Gasteiger partial charge is 0.316 e. The molecule has 1 fully saturated rings. The van der Waals surface area contributed by atoms with Crippen molar-refractivity contribution in [3.8, 4) is 0 Å². The van der Waals surface area contributed by atoms with Crippen molar-refractivity contribution in [2.75, 3.05) is 18.4 Å². The first-order chi connectivity index (χ1) is 13.4. The lowest BCUT2D eigenvalue weighted by atomic mass is 10.0. The average Bonchev–Trinajstić information content (AvgIpc) is 3.14. The number of carbonyl (C=O) groups excluding carboxylic acids is 4. The summed E-state index contributed by atoms with van der Waals surface area (Å²) in [5.74, 6) is -1.12. The van der Waals surface area contributed by atoms with Gasteiger partial charge in [-0.05, 0) is 37.5 Å². The molecule has 5 amide bonds. The zero-order chi connectivity index (χ0) is 20.5. The van der Waals surface area contributed by atoms with Gasteiger partial charge in [-0.3, -0.25) is 14.4 Å². The number of benzene rings is 1. The fraction of sp³-hybridized carbons (Fsp3) is 0.368. The van der Waals surface area contributed by atoms with E-state index in [2.05, 4.69) is 16.0 Å². The number of amides is 5. The third-order valence-corrected chi connectivity index (χ3v) is 4.54. The Morgan fingerprint density at radius 2 is 1.68 bits per heavy atom. The van der Waals surface area contributed by atoms with E-state index in [4.69, 9.17) is 11.5 Å². The summed E-state index contributed by atoms with van der Waals surface area (Å²) in [5, 5.41) is 7.90. The van der Waals surface area contributed by atoms with E-state index >= 15 is 0 Å². The molecule has 2 atom stereocenters. The van der Waals surface area contributed by atoms with Crippen LogP contribution in [-0.2, 0) is 9.59 Å². The SMILES string of the molecule is NC(=O)Nc1cccc(C(=O)NC/C=C\CNC(=O)[C@@H]2CC[C@H](C(N)=O)C2)c1. The van der Waals surface area contributed by atoms with Crippen LogP contribution in [0.3, 0.4) is 0 Å². The number of nitrogens with two attached hydrogens (primary N) is 2. The molecule has 28 heavy (non-hydrogen) atoms. The highest BCUT2D eigenvalue weighted by atomic mass is 16.2. The van der Waals surface area contributed by atoms with Crippen molar-refractivity contribution >= 4 is 29.4 Å². The number of rotatable bonds is 8. The van der Waals surface area contributed by atoms with Crippen LogP contribution in [0.2, 0.25) is 0 Å². The Labute approximate surface area is 162 Å². The van der Waals surface area contributed by atoms with E-state index in [-0.39, 0.29) is 36.1 Å². The Bertz CT molecular complexity index is 777. The lowest BCUT2D eigenvalue weighted by Gasteiger charge is -2.09. The Balaban J connectivity index is 1.68. The third-order valence-electron chi connectivity index (χ3n) is 4.54. The summed E-state index contributed by atoms with van der Waals surface area (Å²) in [4.78, 5) is 46.1. The lowest BCUT2D eigenvalue weighted by Crippen LogP contribution is -2.30. The molecule has 0 aliphatic heterocycles. The average molecular weight is 387 g/mol. The molecular formula is C19H25N5O4. The maximum Gasteiger partial charge on any atom is 0.316 e. The van der Waals surface area contributed by atoms with E-state index in [1.807, 2.05) is 0 Å². The van der Waals surface area contributed by atoms with Gasteiger partial charge in [0.05, 0.1) is 0 Å². The molecule has 1 aliphatic rings. The van der Waals surface area contributed by atoms with E-state index in [1.54, 1.807) is 30.4 Å². The molecule has 1 aromatic rings. The molecule has 9 heteroatoms. The van der Waals surface area contributed by atoms with Crippen LogP contribution in [0.4, 0.5) is 10.5 Å². The number of carbonyl (C=O) groups is 4. The van der Waals surface area contributed by atoms with Crippen LogP contribution < -0.4 is 27.4 Å². The molecular weight excluding hydrogens is 362 g/mol. The van der Waals surface area contributed by atoms with E-state index in [0.717, 1.165) is 0 Å². The highest BCUT2D eigenvalue weighted by Crippen LogP contribution is 2.30. The van der Waals surface area contributed by atoms with Crippen molar-refractivity contribution in [2.45, 2.75) is 19.3 Å². The van der Waals surface area contributed by atoms with Crippen LogP contribution in [0.15, 0.2) is 36.4 Å². The van der Waals surface area contributed by atoms with E-state index < -0.39 is 6.03 Å². The minimum atomic E-state index is -0.703. The van der Waals surface area contributed by atoms with E-state index in [1.165, 1.54) is 6.07 Å². The second-order valence-electron chi connectivity index (χ2n) is 6.61. The summed E-state index contributed by atoms with van der Waals surface area (Å²) in [6.45, 7) is 0.625. The van der Waals surface area contributed by atoms with E-state index in [9.17, 15) is 19.2 Å². The van der Waals surface area contributed by atoms with Gasteiger partial charge in [0.25, 0.3) is 5.91 Å². The Morgan fingerprint density at radius 1 is 1.00 bits per heavy atom. The highest BCUT2D eigenvalue weighted by Gasteiger charge is 2.32. The first-order valence-electron chi connectivity index (χ1n) is 9.03. The predicted octanol–water partition coefficient (Wildman–Crippen LogP) is 0.481. The largest absolute Gasteiger partial charge is 0.369 e. The van der Waals surface area contributed by atoms with Crippen LogP contribution in [0.5, 0.6) is 0 Å². The molecule has 0 bridgehead atoms. The first kappa shape index (κ1) is 20.9. The van der Waals surface area contributed by atoms with Crippen molar-refractivity contribution in [2.24, 2.45) is 23.3 Å². The first-order valence-corrected chi connectivity index (χ1v) is 9.03. The monoisotopic (exact) mass is 387 g/mol. The number of primary amides is 2. The van der Waals surface area contributed by atoms with Gasteiger partial charge in [0.1, 0.15) is 0 Å². The predicted molar refractivity (Wildman–Crippen MR) is 104 cm³/mol. The summed E-state index contributed by atoms with van der Waals surface area (Å²) in [6.07, 6.45) is 5.30. The Morgan fingerprint density at radius 3 is 2.32 bits per heavy atom. The molecule has 0 aromatic heterocycles. The number of nitrogens with one attached hydrogen (secondary N) is 3. The third kappa shape index (κ3) is 6.42. The van der Waals surface area contributed by atoms with Crippen LogP contribution in [0.25, 0.3) is 0 Å². The van der Waals surface area contributed by atoms with Crippen molar-refractivity contribution in [1.82, 2.24) is 10.6 Å². The van der Waals surface area contributed by atoms with Gasteiger partial charge in [-0.25, -0.2) is 4.79 Å². The molecule has 0 heterocycles. The number of anilines is 1. The fourth-order valence-electron chi connectivity index (χ4n) is 3.08. The van der Waals surface area contributed by atoms with Gasteiger partial charge in [-0.1, -0.05) is 18.2 Å². The number of urea groups is 1. The number of hydrogen-bond donors (Lipinski definition) is 5. The highest BCUT2D eigenvalue weighted by molar-refractivity contribution is 5.96. The van der Waals surface area contributed by atoms with Gasteiger partial charge >= 0.3 is 6.03 Å². The zero-order valence-electron chi connectivity index (χ0n) is 15.4. The van der Waals surface area contributed by atoms with Crippen molar-refractivity contribution in [1.29, 1.82) is 0 Å². The molecule has 0 unspecified atom stereocenters. The quantitative estimate of drug-likeness (QED) is 0.411. The van der Waals surface area contributed by atoms with Crippen molar-refractivity contribution in [3.05, 3.63) is 42.0 Å². The summed E-state index contributed by atoms with van der Waals surface area (Å²) in [7, 11) is 0. The van der Waals surface area contributed by atoms with Crippen LogP contribution >= 0.6 is 0 Å². The molecule has 1 saturated carbocycles. The molecule has 1 aliphatic carbocycles. The van der Waals surface area contributed by atoms with Gasteiger partial charge in [-0.2, -0.15) is 0 Å². The molecule has 0 spiro atoms. The topological polar surface area (TPSA) is 156 Å². The molecule has 9 nitrogen and oxygen atoms in total. The normalized spacial score (nSPS) is 18.6. The number of hydrogen-bond acceptors (Lipinski definition) is 4. The maximum absolute atomic E-state index is 12.1. The van der Waals surface area contributed by atoms with Gasteiger partial charge in [-0.15, -0.1) is 0 Å². The molecule has 0 radical (unpaired) electrons. The van der Waals surface area contributed by atoms with Crippen molar-refractivity contribution in [3.63, 3.8) is 0 Å². The zero-order valence-corrected chi connectivity index (χ0v) is 15.4. The minimum absolute atomic E-state index is 0.0869. The molecule has 7 N–H and O–H groups in total. The van der Waals surface area contributed by atoms with Crippen LogP contribution in [0, 0.1) is 11.8 Å². The summed E-state index contributed by atoms with van der Waals surface area (Å²) >= 11 is 0. The second kappa shape index (κ2) is 10.1. The van der Waals surface area contributed by atoms with Gasteiger partial charge in [0.15, 0.2) is 0 Å². The standard InChI is InChI=1S/C19H25N5O4/c20-16(25)12-6-7-14(10-12)18(27)23-9-2-1-8-22-17(26)13-4-3-5-15(11-13)24-19(21)28/h1-5,11-12,14H,6-10H2,(H2,20,25)(H,22,26)(H,23,27)(H3,21,24,28)/b2-1-/t12-,14+/m0/s1. The van der Waals surface area contributed by atoms with Crippen LogP contribution in [0.1, 0.15) is 29.6 Å². The lowest BCUT2D eigenvalue weighted by molar-refractivity contribution is -0.125. The summed E-state index contributed by atoms with van der Waals surface area (Å²) in [5.41, 5.74) is 11.1. The van der Waals surface area contributed by atoms with Gasteiger partial charge < -0.3 is 27.4 Å². The Hall–Kier alpha value is -3.36. The van der Waals surface area contributed by atoms with Gasteiger partial charge in [0, 0.05) is 36.2 Å². The Kier molecular flexibility index (Phi) is 7.55. The summed E-state index contributed by atoms with van der Waals surface area (Å²) < 4.78 is 0. The van der Waals surface area contributed by atoms with Crippen LogP contribution in [-0.4, -0.2) is 36.8 Å². The second-order valence-corrected chi connectivity index (χ2v) is 6.61. The minimum Gasteiger partial charge on any atom is -0.369 e. The fourth-order valence-corrected chi connectivity index (χ4v) is 3.08. The van der Waals surface area contributed by atoms with E-state index in [0.29, 0.717) is 37.1 Å². The molecule has 150 valence electrons. The molecule has 0 saturated heterocycles.